The Hall–Kier alpha value is -3.50. The van der Waals surface area contributed by atoms with Gasteiger partial charge >= 0.3 is 0 Å². The number of ether oxygens (including phenoxy) is 1. The van der Waals surface area contributed by atoms with Crippen molar-refractivity contribution in [2.75, 3.05) is 24.6 Å². The van der Waals surface area contributed by atoms with Gasteiger partial charge in [-0.05, 0) is 56.2 Å². The van der Waals surface area contributed by atoms with Gasteiger partial charge in [-0.3, -0.25) is 0 Å². The number of rotatable bonds is 6. The van der Waals surface area contributed by atoms with E-state index in [2.05, 4.69) is 9.97 Å². The van der Waals surface area contributed by atoms with Gasteiger partial charge in [0.15, 0.2) is 5.65 Å². The molecule has 3 heterocycles. The molecule has 1 atom stereocenters. The molecule has 1 aliphatic heterocycles. The molecule has 0 aliphatic carbocycles. The smallest absolute Gasteiger partial charge is 0.213 e. The van der Waals surface area contributed by atoms with Crippen molar-refractivity contribution in [3.8, 4) is 22.8 Å². The predicted molar refractivity (Wildman–Crippen MR) is 131 cm³/mol. The fourth-order valence-corrected chi connectivity index (χ4v) is 5.48. The summed E-state index contributed by atoms with van der Waals surface area (Å²) < 4.78 is 34.2. The molecule has 0 bridgehead atoms. The van der Waals surface area contributed by atoms with E-state index in [-0.39, 0.29) is 11.8 Å². The predicted octanol–water partition coefficient (Wildman–Crippen LogP) is 3.85. The molecular weight excluding hydrogens is 452 g/mol. The minimum absolute atomic E-state index is 0.0807. The Morgan fingerprint density at radius 3 is 2.53 bits per heavy atom. The molecular formula is C24H26N6O3S. The van der Waals surface area contributed by atoms with Gasteiger partial charge in [-0.25, -0.2) is 23.1 Å². The zero-order valence-corrected chi connectivity index (χ0v) is 19.6. The second-order valence-corrected chi connectivity index (χ2v) is 10.5. The number of hydrogen-bond acceptors (Lipinski definition) is 7. The minimum Gasteiger partial charge on any atom is -0.457 e. The van der Waals surface area contributed by atoms with Crippen molar-refractivity contribution in [3.63, 3.8) is 0 Å². The molecule has 0 unspecified atom stereocenters. The first-order valence-electron chi connectivity index (χ1n) is 11.3. The third-order valence-electron chi connectivity index (χ3n) is 6.09. The third-order valence-corrected chi connectivity index (χ3v) is 7.94. The molecule has 4 aromatic rings. The Balaban J connectivity index is 1.50. The lowest BCUT2D eigenvalue weighted by molar-refractivity contribution is 0.258. The molecule has 1 saturated heterocycles. The third kappa shape index (κ3) is 4.22. The number of para-hydroxylation sites is 1. The van der Waals surface area contributed by atoms with Crippen LogP contribution >= 0.6 is 0 Å². The number of piperidine rings is 1. The highest BCUT2D eigenvalue weighted by atomic mass is 32.2. The molecule has 2 aromatic carbocycles. The van der Waals surface area contributed by atoms with Crippen LogP contribution in [0.25, 0.3) is 22.3 Å². The molecule has 10 heteroatoms. The quantitative estimate of drug-likeness (QED) is 0.447. The van der Waals surface area contributed by atoms with Crippen LogP contribution in [0.1, 0.15) is 25.8 Å². The Morgan fingerprint density at radius 1 is 1.06 bits per heavy atom. The lowest BCUT2D eigenvalue weighted by atomic mass is 10.1. The van der Waals surface area contributed by atoms with Crippen molar-refractivity contribution in [2.24, 2.45) is 0 Å². The number of nitrogen functional groups attached to an aromatic ring is 1. The minimum atomic E-state index is -3.28. The summed E-state index contributed by atoms with van der Waals surface area (Å²) >= 11 is 0. The first-order valence-corrected chi connectivity index (χ1v) is 12.9. The van der Waals surface area contributed by atoms with Crippen molar-refractivity contribution >= 4 is 26.9 Å². The summed E-state index contributed by atoms with van der Waals surface area (Å²) in [7, 11) is -3.28. The first-order chi connectivity index (χ1) is 16.5. The number of nitrogens with two attached hydrogens (primary N) is 1. The molecule has 9 nitrogen and oxygen atoms in total. The second-order valence-electron chi connectivity index (χ2n) is 8.24. The maximum absolute atomic E-state index is 12.5. The monoisotopic (exact) mass is 478 g/mol. The van der Waals surface area contributed by atoms with Crippen LogP contribution < -0.4 is 10.5 Å². The highest BCUT2D eigenvalue weighted by Crippen LogP contribution is 2.35. The molecule has 5 rings (SSSR count). The molecule has 0 spiro atoms. The largest absolute Gasteiger partial charge is 0.457 e. The van der Waals surface area contributed by atoms with Gasteiger partial charge in [0.1, 0.15) is 29.3 Å². The molecule has 1 fully saturated rings. The fraction of sp³-hybridized carbons (Fsp3) is 0.292. The van der Waals surface area contributed by atoms with Crippen molar-refractivity contribution in [1.29, 1.82) is 0 Å². The number of nitrogens with zero attached hydrogens (tertiary/aromatic N) is 5. The molecule has 0 radical (unpaired) electrons. The molecule has 0 saturated carbocycles. The lowest BCUT2D eigenvalue weighted by Crippen LogP contribution is -2.41. The Kier molecular flexibility index (Phi) is 5.93. The highest BCUT2D eigenvalue weighted by Gasteiger charge is 2.31. The highest BCUT2D eigenvalue weighted by molar-refractivity contribution is 7.89. The summed E-state index contributed by atoms with van der Waals surface area (Å²) in [6.45, 7) is 2.55. The lowest BCUT2D eigenvalue weighted by Gasteiger charge is -2.31. The summed E-state index contributed by atoms with van der Waals surface area (Å²) in [5.41, 5.74) is 8.37. The molecule has 176 valence electrons. The van der Waals surface area contributed by atoms with E-state index in [9.17, 15) is 8.42 Å². The zero-order chi connectivity index (χ0) is 23.7. The van der Waals surface area contributed by atoms with Crippen LogP contribution in [0.3, 0.4) is 0 Å². The van der Waals surface area contributed by atoms with Crippen LogP contribution in [0.2, 0.25) is 0 Å². The molecule has 1 aliphatic rings. The zero-order valence-electron chi connectivity index (χ0n) is 18.8. The number of anilines is 1. The van der Waals surface area contributed by atoms with Crippen LogP contribution in [0, 0.1) is 0 Å². The standard InChI is InChI=1S/C24H26N6O3S/c1-2-34(31,32)29-14-6-7-18(15-29)30-24-21(23(25)26-16-27-24)22(28-30)17-10-12-20(13-11-17)33-19-8-4-3-5-9-19/h3-5,8-13,16,18H,2,6-7,14-15H2,1H3,(H2,25,26,27)/t18-/m1/s1. The van der Waals surface area contributed by atoms with Crippen LogP contribution in [-0.4, -0.2) is 51.3 Å². The summed E-state index contributed by atoms with van der Waals surface area (Å²) in [5.74, 6) is 1.88. The van der Waals surface area contributed by atoms with Crippen molar-refractivity contribution < 1.29 is 13.2 Å². The first kappa shape index (κ1) is 22.3. The van der Waals surface area contributed by atoms with E-state index in [4.69, 9.17) is 15.6 Å². The fourth-order valence-electron chi connectivity index (χ4n) is 4.31. The van der Waals surface area contributed by atoms with Gasteiger partial charge in [0.25, 0.3) is 0 Å². The van der Waals surface area contributed by atoms with Gasteiger partial charge in [-0.2, -0.15) is 9.40 Å². The number of hydrogen-bond donors (Lipinski definition) is 1. The van der Waals surface area contributed by atoms with Gasteiger partial charge in [0.2, 0.25) is 10.0 Å². The van der Waals surface area contributed by atoms with E-state index < -0.39 is 10.0 Å². The summed E-state index contributed by atoms with van der Waals surface area (Å²) in [6, 6.07) is 17.0. The summed E-state index contributed by atoms with van der Waals surface area (Å²) in [6.07, 6.45) is 2.98. The Labute approximate surface area is 198 Å². The second kappa shape index (κ2) is 9.03. The molecule has 0 amide bonds. The maximum Gasteiger partial charge on any atom is 0.213 e. The number of fused-ring (bicyclic) bond motifs is 1. The molecule has 2 N–H and O–H groups in total. The topological polar surface area (TPSA) is 116 Å². The number of aromatic nitrogens is 4. The van der Waals surface area contributed by atoms with Gasteiger partial charge in [-0.15, -0.1) is 0 Å². The van der Waals surface area contributed by atoms with Crippen molar-refractivity contribution in [1.82, 2.24) is 24.1 Å². The normalized spacial score (nSPS) is 17.1. The van der Waals surface area contributed by atoms with Gasteiger partial charge in [0, 0.05) is 18.7 Å². The van der Waals surface area contributed by atoms with Gasteiger partial charge < -0.3 is 10.5 Å². The summed E-state index contributed by atoms with van der Waals surface area (Å²) in [5, 5.41) is 5.53. The average molecular weight is 479 g/mol. The van der Waals surface area contributed by atoms with E-state index >= 15 is 0 Å². The van der Waals surface area contributed by atoms with Crippen LogP contribution in [0.5, 0.6) is 11.5 Å². The maximum atomic E-state index is 12.5. The Bertz CT molecular complexity index is 1400. The van der Waals surface area contributed by atoms with Crippen molar-refractivity contribution in [2.45, 2.75) is 25.8 Å². The Morgan fingerprint density at radius 2 is 1.79 bits per heavy atom. The van der Waals surface area contributed by atoms with E-state index in [0.717, 1.165) is 24.2 Å². The SMILES string of the molecule is CCS(=O)(=O)N1CCC[C@@H](n2nc(-c3ccc(Oc4ccccc4)cc3)c3c(N)ncnc32)C1. The van der Waals surface area contributed by atoms with E-state index in [1.807, 2.05) is 59.3 Å². The van der Waals surface area contributed by atoms with Gasteiger partial charge in [-0.1, -0.05) is 18.2 Å². The van der Waals surface area contributed by atoms with Crippen LogP contribution in [-0.2, 0) is 10.0 Å². The number of sulfonamides is 1. The molecule has 34 heavy (non-hydrogen) atoms. The van der Waals surface area contributed by atoms with Crippen LogP contribution in [0.15, 0.2) is 60.9 Å². The summed E-state index contributed by atoms with van der Waals surface area (Å²) in [4.78, 5) is 8.64. The van der Waals surface area contributed by atoms with Crippen molar-refractivity contribution in [3.05, 3.63) is 60.9 Å². The van der Waals surface area contributed by atoms with E-state index in [0.29, 0.717) is 41.4 Å². The van der Waals surface area contributed by atoms with Gasteiger partial charge in [0.05, 0.1) is 17.2 Å². The van der Waals surface area contributed by atoms with Crippen LogP contribution in [0.4, 0.5) is 5.82 Å². The van der Waals surface area contributed by atoms with E-state index in [1.165, 1.54) is 6.33 Å². The number of benzene rings is 2. The average Bonchev–Trinajstić information content (AvgIpc) is 3.26. The molecule has 2 aromatic heterocycles. The van der Waals surface area contributed by atoms with E-state index in [1.54, 1.807) is 11.2 Å².